The van der Waals surface area contributed by atoms with Crippen LogP contribution < -0.4 is 5.32 Å². The molecule has 0 bridgehead atoms. The summed E-state index contributed by atoms with van der Waals surface area (Å²) in [6.45, 7) is 1.15. The van der Waals surface area contributed by atoms with Crippen molar-refractivity contribution in [3.63, 3.8) is 0 Å². The van der Waals surface area contributed by atoms with Crippen LogP contribution in [0.15, 0.2) is 18.2 Å². The van der Waals surface area contributed by atoms with Gasteiger partial charge in [-0.2, -0.15) is 0 Å². The summed E-state index contributed by atoms with van der Waals surface area (Å²) >= 11 is 0. The molecule has 1 aliphatic heterocycles. The van der Waals surface area contributed by atoms with E-state index in [1.54, 1.807) is 12.1 Å². The summed E-state index contributed by atoms with van der Waals surface area (Å²) in [5.74, 6) is 0.679. The van der Waals surface area contributed by atoms with Gasteiger partial charge in [-0.1, -0.05) is 0 Å². The molecule has 1 aromatic rings. The molecule has 0 aliphatic carbocycles. The van der Waals surface area contributed by atoms with Crippen molar-refractivity contribution in [2.24, 2.45) is 0 Å². The summed E-state index contributed by atoms with van der Waals surface area (Å²) in [6, 6.07) is 5.38. The van der Waals surface area contributed by atoms with E-state index in [0.29, 0.717) is 11.7 Å². The number of aromatic hydroxyl groups is 1. The lowest BCUT2D eigenvalue weighted by Crippen LogP contribution is -2.17. The van der Waals surface area contributed by atoms with E-state index in [4.69, 9.17) is 5.11 Å². The fourth-order valence-electron chi connectivity index (χ4n) is 2.04. The molecule has 2 rings (SSSR count). The number of rotatable bonds is 2. The second kappa shape index (κ2) is 3.88. The van der Waals surface area contributed by atoms with Crippen molar-refractivity contribution in [2.75, 3.05) is 18.5 Å². The third-order valence-corrected chi connectivity index (χ3v) is 2.76. The molecule has 0 radical (unpaired) electrons. The maximum Gasteiger partial charge on any atom is 0.116 e. The van der Waals surface area contributed by atoms with Gasteiger partial charge in [-0.25, -0.2) is 0 Å². The zero-order chi connectivity index (χ0) is 9.97. The zero-order valence-corrected chi connectivity index (χ0v) is 8.03. The fourth-order valence-corrected chi connectivity index (χ4v) is 2.04. The maximum absolute atomic E-state index is 9.38. The molecule has 3 heteroatoms. The van der Waals surface area contributed by atoms with Gasteiger partial charge in [-0.15, -0.1) is 0 Å². The molecule has 1 unspecified atom stereocenters. The standard InChI is InChI=1S/C11H15NO2/c13-6-4-8-3-5-12-11-2-1-9(14)7-10(8)11/h1-2,7-8,12-14H,3-6H2. The monoisotopic (exact) mass is 193 g/mol. The summed E-state index contributed by atoms with van der Waals surface area (Å²) < 4.78 is 0. The van der Waals surface area contributed by atoms with E-state index in [-0.39, 0.29) is 6.61 Å². The van der Waals surface area contributed by atoms with E-state index < -0.39 is 0 Å². The van der Waals surface area contributed by atoms with Crippen LogP contribution in [0.4, 0.5) is 5.69 Å². The number of phenolic OH excluding ortho intramolecular Hbond substituents is 1. The van der Waals surface area contributed by atoms with Gasteiger partial charge < -0.3 is 15.5 Å². The minimum absolute atomic E-state index is 0.208. The van der Waals surface area contributed by atoms with E-state index in [1.165, 1.54) is 0 Å². The van der Waals surface area contributed by atoms with Gasteiger partial charge in [0.15, 0.2) is 0 Å². The van der Waals surface area contributed by atoms with Gasteiger partial charge in [-0.3, -0.25) is 0 Å². The molecule has 0 amide bonds. The van der Waals surface area contributed by atoms with Crippen molar-refractivity contribution in [3.05, 3.63) is 23.8 Å². The van der Waals surface area contributed by atoms with Gasteiger partial charge >= 0.3 is 0 Å². The van der Waals surface area contributed by atoms with Crippen LogP contribution in [0.25, 0.3) is 0 Å². The lowest BCUT2D eigenvalue weighted by Gasteiger charge is -2.26. The van der Waals surface area contributed by atoms with E-state index >= 15 is 0 Å². The van der Waals surface area contributed by atoms with Crippen molar-refractivity contribution >= 4 is 5.69 Å². The molecule has 1 atom stereocenters. The SMILES string of the molecule is OCCC1CCNc2ccc(O)cc21. The molecule has 14 heavy (non-hydrogen) atoms. The summed E-state index contributed by atoms with van der Waals surface area (Å²) in [7, 11) is 0. The van der Waals surface area contributed by atoms with Crippen LogP contribution in [0.5, 0.6) is 5.75 Å². The highest BCUT2D eigenvalue weighted by Crippen LogP contribution is 2.35. The molecule has 0 aromatic heterocycles. The van der Waals surface area contributed by atoms with Crippen LogP contribution in [0.2, 0.25) is 0 Å². The van der Waals surface area contributed by atoms with Crippen molar-refractivity contribution in [3.8, 4) is 5.75 Å². The number of benzene rings is 1. The maximum atomic E-state index is 9.38. The first-order chi connectivity index (χ1) is 6.81. The van der Waals surface area contributed by atoms with Crippen LogP contribution in [0.3, 0.4) is 0 Å². The first-order valence-corrected chi connectivity index (χ1v) is 4.99. The van der Waals surface area contributed by atoms with E-state index in [2.05, 4.69) is 5.32 Å². The molecule has 0 spiro atoms. The quantitative estimate of drug-likeness (QED) is 0.626. The minimum Gasteiger partial charge on any atom is -0.508 e. The Morgan fingerprint density at radius 1 is 1.43 bits per heavy atom. The highest BCUT2D eigenvalue weighted by Gasteiger charge is 2.19. The van der Waals surface area contributed by atoms with E-state index in [1.807, 2.05) is 6.07 Å². The number of aliphatic hydroxyl groups is 1. The molecule has 0 saturated heterocycles. The Morgan fingerprint density at radius 3 is 3.07 bits per heavy atom. The van der Waals surface area contributed by atoms with Gasteiger partial charge in [0.25, 0.3) is 0 Å². The second-order valence-corrected chi connectivity index (χ2v) is 3.70. The average molecular weight is 193 g/mol. The Kier molecular flexibility index (Phi) is 2.59. The Bertz CT molecular complexity index is 325. The zero-order valence-electron chi connectivity index (χ0n) is 8.03. The smallest absolute Gasteiger partial charge is 0.116 e. The average Bonchev–Trinajstić information content (AvgIpc) is 2.19. The summed E-state index contributed by atoms with van der Waals surface area (Å²) in [5.41, 5.74) is 2.22. The summed E-state index contributed by atoms with van der Waals surface area (Å²) in [6.07, 6.45) is 1.80. The molecule has 1 aromatic carbocycles. The van der Waals surface area contributed by atoms with E-state index in [9.17, 15) is 5.11 Å². The normalized spacial score (nSPS) is 19.9. The van der Waals surface area contributed by atoms with Gasteiger partial charge in [0.05, 0.1) is 0 Å². The van der Waals surface area contributed by atoms with Crippen molar-refractivity contribution in [1.82, 2.24) is 0 Å². The molecule has 3 N–H and O–H groups in total. The highest BCUT2D eigenvalue weighted by atomic mass is 16.3. The molecule has 0 fully saturated rings. The van der Waals surface area contributed by atoms with Gasteiger partial charge in [0.1, 0.15) is 5.75 Å². The van der Waals surface area contributed by atoms with Gasteiger partial charge in [0.2, 0.25) is 0 Å². The number of anilines is 1. The number of fused-ring (bicyclic) bond motifs is 1. The van der Waals surface area contributed by atoms with Gasteiger partial charge in [0, 0.05) is 18.8 Å². The second-order valence-electron chi connectivity index (χ2n) is 3.70. The Labute approximate surface area is 83.4 Å². The van der Waals surface area contributed by atoms with Crippen LogP contribution in [0, 0.1) is 0 Å². The number of aliphatic hydroxyl groups excluding tert-OH is 1. The first kappa shape index (κ1) is 9.34. The molecular weight excluding hydrogens is 178 g/mol. The number of hydrogen-bond donors (Lipinski definition) is 3. The molecule has 1 heterocycles. The van der Waals surface area contributed by atoms with Crippen LogP contribution in [-0.2, 0) is 0 Å². The van der Waals surface area contributed by atoms with E-state index in [0.717, 1.165) is 30.6 Å². The highest BCUT2D eigenvalue weighted by molar-refractivity contribution is 5.57. The predicted octanol–water partition coefficient (Wildman–Crippen LogP) is 1.67. The van der Waals surface area contributed by atoms with Crippen molar-refractivity contribution in [1.29, 1.82) is 0 Å². The number of hydrogen-bond acceptors (Lipinski definition) is 3. The van der Waals surface area contributed by atoms with Crippen LogP contribution in [0.1, 0.15) is 24.3 Å². The predicted molar refractivity (Wildman–Crippen MR) is 55.7 cm³/mol. The Balaban J connectivity index is 2.32. The first-order valence-electron chi connectivity index (χ1n) is 4.99. The van der Waals surface area contributed by atoms with Crippen molar-refractivity contribution < 1.29 is 10.2 Å². The van der Waals surface area contributed by atoms with Crippen LogP contribution in [-0.4, -0.2) is 23.4 Å². The minimum atomic E-state index is 0.208. The molecule has 76 valence electrons. The topological polar surface area (TPSA) is 52.5 Å². The lowest BCUT2D eigenvalue weighted by atomic mass is 9.88. The number of nitrogens with one attached hydrogen (secondary N) is 1. The molecular formula is C11H15NO2. The largest absolute Gasteiger partial charge is 0.508 e. The summed E-state index contributed by atoms with van der Waals surface area (Å²) in [5, 5.41) is 21.6. The Hall–Kier alpha value is -1.22. The van der Waals surface area contributed by atoms with Crippen molar-refractivity contribution in [2.45, 2.75) is 18.8 Å². The molecule has 0 saturated carbocycles. The summed E-state index contributed by atoms with van der Waals surface area (Å²) in [4.78, 5) is 0. The van der Waals surface area contributed by atoms with Crippen LogP contribution >= 0.6 is 0 Å². The molecule has 3 nitrogen and oxygen atoms in total. The molecule has 1 aliphatic rings. The third-order valence-electron chi connectivity index (χ3n) is 2.76. The lowest BCUT2D eigenvalue weighted by molar-refractivity contribution is 0.272. The van der Waals surface area contributed by atoms with Gasteiger partial charge in [-0.05, 0) is 42.5 Å². The Morgan fingerprint density at radius 2 is 2.29 bits per heavy atom. The third kappa shape index (κ3) is 1.68. The fraction of sp³-hybridized carbons (Fsp3) is 0.455. The number of phenols is 1.